The van der Waals surface area contributed by atoms with Gasteiger partial charge in [-0.05, 0) is 61.7 Å². The monoisotopic (exact) mass is 436 g/mol. The molecule has 0 aromatic rings. The van der Waals surface area contributed by atoms with Gasteiger partial charge in [0, 0.05) is 0 Å². The quantitative estimate of drug-likeness (QED) is 0.286. The molecular weight excluding hydrogens is 404 g/mol. The van der Waals surface area contributed by atoms with Gasteiger partial charge in [-0.15, -0.1) is 0 Å². The van der Waals surface area contributed by atoms with Crippen LogP contribution in [-0.4, -0.2) is 52.3 Å². The van der Waals surface area contributed by atoms with Crippen LogP contribution in [0.3, 0.4) is 0 Å². The Morgan fingerprint density at radius 1 is 0.710 bits per heavy atom. The first-order valence-corrected chi connectivity index (χ1v) is 10.7. The zero-order valence-corrected chi connectivity index (χ0v) is 18.9. The fraction of sp³-hybridized carbons (Fsp3) is 0.739. The molecule has 0 heterocycles. The molecule has 2 fully saturated rings. The molecule has 0 aromatic carbocycles. The molecule has 3 aliphatic carbocycles. The minimum atomic E-state index is -1.30. The topological polar surface area (TPSA) is 105 Å². The molecule has 172 valence electrons. The van der Waals surface area contributed by atoms with Crippen LogP contribution in [0.2, 0.25) is 0 Å². The lowest BCUT2D eigenvalue weighted by atomic mass is 9.47. The van der Waals surface area contributed by atoms with E-state index < -0.39 is 34.7 Å². The molecule has 3 rings (SSSR count). The average Bonchev–Trinajstić information content (AvgIpc) is 2.80. The maximum atomic E-state index is 12.6. The van der Waals surface area contributed by atoms with Crippen LogP contribution in [0, 0.1) is 34.0 Å². The Kier molecular flexibility index (Phi) is 6.22. The molecule has 8 heteroatoms. The number of methoxy groups -OCH3 is 4. The second kappa shape index (κ2) is 8.28. The molecule has 0 radical (unpaired) electrons. The first kappa shape index (κ1) is 23.3. The summed E-state index contributed by atoms with van der Waals surface area (Å²) < 4.78 is 19.9. The third-order valence-corrected chi connectivity index (χ3v) is 8.23. The van der Waals surface area contributed by atoms with Crippen molar-refractivity contribution in [3.8, 4) is 0 Å². The predicted octanol–water partition coefficient (Wildman–Crippen LogP) is 2.44. The Morgan fingerprint density at radius 2 is 1.19 bits per heavy atom. The lowest BCUT2D eigenvalue weighted by molar-refractivity contribution is -0.182. The van der Waals surface area contributed by atoms with Gasteiger partial charge in [-0.2, -0.15) is 0 Å². The second-order valence-corrected chi connectivity index (χ2v) is 9.35. The number of esters is 4. The third kappa shape index (κ3) is 3.34. The van der Waals surface area contributed by atoms with Crippen LogP contribution in [0.15, 0.2) is 12.2 Å². The smallest absolute Gasteiger partial charge is 0.323 e. The number of hydrogen-bond donors (Lipinski definition) is 0. The molecule has 0 N–H and O–H groups in total. The SMILES string of the molecule is COC(=O)C1(C(=O)OC)CC[C@]2(C)[C@H](C=C[C@H]3CC(C(=O)OC)(C(=O)OC)CC[C@H]32)C1. The highest BCUT2D eigenvalue weighted by Gasteiger charge is 2.62. The summed E-state index contributed by atoms with van der Waals surface area (Å²) in [7, 11) is 5.14. The van der Waals surface area contributed by atoms with Crippen LogP contribution in [0.25, 0.3) is 0 Å². The van der Waals surface area contributed by atoms with Crippen molar-refractivity contribution < 1.29 is 38.1 Å². The van der Waals surface area contributed by atoms with Crippen molar-refractivity contribution in [2.45, 2.75) is 45.4 Å². The number of carbonyl (C=O) groups excluding carboxylic acids is 4. The van der Waals surface area contributed by atoms with Gasteiger partial charge in [0.1, 0.15) is 0 Å². The summed E-state index contributed by atoms with van der Waals surface area (Å²) in [6, 6.07) is 0. The van der Waals surface area contributed by atoms with Crippen LogP contribution >= 0.6 is 0 Å². The summed E-state index contributed by atoms with van der Waals surface area (Å²) in [5, 5.41) is 0. The summed E-state index contributed by atoms with van der Waals surface area (Å²) in [4.78, 5) is 50.4. The lowest BCUT2D eigenvalue weighted by Crippen LogP contribution is -2.56. The summed E-state index contributed by atoms with van der Waals surface area (Å²) in [5.74, 6) is -2.05. The Hall–Kier alpha value is -2.38. The van der Waals surface area contributed by atoms with E-state index in [1.165, 1.54) is 28.4 Å². The molecule has 0 aliphatic heterocycles. The van der Waals surface area contributed by atoms with Crippen molar-refractivity contribution in [2.75, 3.05) is 28.4 Å². The van der Waals surface area contributed by atoms with Crippen molar-refractivity contribution >= 4 is 23.9 Å². The Morgan fingerprint density at radius 3 is 1.68 bits per heavy atom. The van der Waals surface area contributed by atoms with E-state index in [0.717, 1.165) is 0 Å². The predicted molar refractivity (Wildman–Crippen MR) is 108 cm³/mol. The average molecular weight is 437 g/mol. The van der Waals surface area contributed by atoms with Crippen LogP contribution < -0.4 is 0 Å². The maximum absolute atomic E-state index is 12.6. The van der Waals surface area contributed by atoms with E-state index in [0.29, 0.717) is 38.5 Å². The third-order valence-electron chi connectivity index (χ3n) is 8.23. The fourth-order valence-corrected chi connectivity index (χ4v) is 6.38. The lowest BCUT2D eigenvalue weighted by Gasteiger charge is -2.57. The van der Waals surface area contributed by atoms with Gasteiger partial charge >= 0.3 is 23.9 Å². The highest BCUT2D eigenvalue weighted by molar-refractivity contribution is 6.01. The molecule has 0 saturated heterocycles. The van der Waals surface area contributed by atoms with E-state index in [9.17, 15) is 19.2 Å². The van der Waals surface area contributed by atoms with Gasteiger partial charge in [0.15, 0.2) is 10.8 Å². The van der Waals surface area contributed by atoms with Crippen molar-refractivity contribution in [3.63, 3.8) is 0 Å². The van der Waals surface area contributed by atoms with Crippen molar-refractivity contribution in [3.05, 3.63) is 12.2 Å². The molecule has 0 bridgehead atoms. The van der Waals surface area contributed by atoms with Crippen LogP contribution in [0.5, 0.6) is 0 Å². The number of hydrogen-bond acceptors (Lipinski definition) is 8. The van der Waals surface area contributed by atoms with Crippen molar-refractivity contribution in [1.29, 1.82) is 0 Å². The molecule has 3 aliphatic rings. The van der Waals surface area contributed by atoms with E-state index in [-0.39, 0.29) is 23.2 Å². The largest absolute Gasteiger partial charge is 0.468 e. The Labute approximate surface area is 182 Å². The summed E-state index contributed by atoms with van der Waals surface area (Å²) in [6.45, 7) is 2.18. The zero-order chi connectivity index (χ0) is 23.0. The van der Waals surface area contributed by atoms with Crippen LogP contribution in [0.1, 0.15) is 45.4 Å². The number of allylic oxidation sites excluding steroid dienone is 2. The number of rotatable bonds is 4. The zero-order valence-electron chi connectivity index (χ0n) is 18.9. The van der Waals surface area contributed by atoms with Crippen LogP contribution in [-0.2, 0) is 38.1 Å². The van der Waals surface area contributed by atoms with E-state index in [4.69, 9.17) is 18.9 Å². The minimum absolute atomic E-state index is 0.00282. The number of carbonyl (C=O) groups is 4. The van der Waals surface area contributed by atoms with Crippen molar-refractivity contribution in [2.24, 2.45) is 34.0 Å². The van der Waals surface area contributed by atoms with Gasteiger partial charge in [0.05, 0.1) is 28.4 Å². The Balaban J connectivity index is 1.93. The van der Waals surface area contributed by atoms with Gasteiger partial charge in [-0.3, -0.25) is 19.2 Å². The fourth-order valence-electron chi connectivity index (χ4n) is 6.38. The first-order chi connectivity index (χ1) is 14.6. The molecule has 0 spiro atoms. The summed E-state index contributed by atoms with van der Waals surface area (Å²) >= 11 is 0. The molecule has 0 aromatic heterocycles. The van der Waals surface area contributed by atoms with Gasteiger partial charge in [-0.25, -0.2) is 0 Å². The number of fused-ring (bicyclic) bond motifs is 3. The molecule has 2 saturated carbocycles. The van der Waals surface area contributed by atoms with Gasteiger partial charge in [-0.1, -0.05) is 19.1 Å². The maximum Gasteiger partial charge on any atom is 0.323 e. The minimum Gasteiger partial charge on any atom is -0.468 e. The molecule has 0 unspecified atom stereocenters. The van der Waals surface area contributed by atoms with Crippen molar-refractivity contribution in [1.82, 2.24) is 0 Å². The highest BCUT2D eigenvalue weighted by Crippen LogP contribution is 2.62. The normalized spacial score (nSPS) is 32.6. The molecule has 4 atom stereocenters. The van der Waals surface area contributed by atoms with E-state index in [2.05, 4.69) is 6.92 Å². The Bertz CT molecular complexity index is 767. The van der Waals surface area contributed by atoms with Gasteiger partial charge in [0.2, 0.25) is 0 Å². The standard InChI is InChI=1S/C23H32O8/c1-21-10-11-23(19(26)30-4,20(27)31-5)13-15(21)7-6-14-12-22(17(24)28-2,18(25)29-3)9-8-16(14)21/h6-7,14-16H,8-13H2,1-5H3/t14-,15+,16+,21+/m0/s1. The van der Waals surface area contributed by atoms with E-state index in [1.807, 2.05) is 12.2 Å². The summed E-state index contributed by atoms with van der Waals surface area (Å²) in [5.41, 5.74) is -2.78. The number of ether oxygens (including phenoxy) is 4. The molecular formula is C23H32O8. The van der Waals surface area contributed by atoms with E-state index in [1.54, 1.807) is 0 Å². The van der Waals surface area contributed by atoms with Crippen LogP contribution in [0.4, 0.5) is 0 Å². The second-order valence-electron chi connectivity index (χ2n) is 9.35. The molecule has 31 heavy (non-hydrogen) atoms. The van der Waals surface area contributed by atoms with E-state index >= 15 is 0 Å². The summed E-state index contributed by atoms with van der Waals surface area (Å²) in [6.07, 6.45) is 6.69. The van der Waals surface area contributed by atoms with Gasteiger partial charge < -0.3 is 18.9 Å². The highest BCUT2D eigenvalue weighted by atomic mass is 16.6. The first-order valence-electron chi connectivity index (χ1n) is 10.7. The molecule has 0 amide bonds. The molecule has 8 nitrogen and oxygen atoms in total. The van der Waals surface area contributed by atoms with Gasteiger partial charge in [0.25, 0.3) is 0 Å².